The molecule has 1 atom stereocenters. The summed E-state index contributed by atoms with van der Waals surface area (Å²) >= 11 is 2.02. The van der Waals surface area contributed by atoms with Gasteiger partial charge in [-0.15, -0.1) is 0 Å². The maximum absolute atomic E-state index is 9.58. The van der Waals surface area contributed by atoms with Crippen LogP contribution in [0.2, 0.25) is 0 Å². The maximum atomic E-state index is 9.58. The van der Waals surface area contributed by atoms with Crippen LogP contribution in [0.25, 0.3) is 10.8 Å². The zero-order chi connectivity index (χ0) is 12.4. The monoisotopic (exact) mass is 260 g/mol. The van der Waals surface area contributed by atoms with Crippen LogP contribution in [0.4, 0.5) is 5.82 Å². The minimum Gasteiger partial charge on any atom is -0.508 e. The number of phenolic OH excluding ortho intramolecular Hbond substituents is 1. The van der Waals surface area contributed by atoms with E-state index < -0.39 is 0 Å². The Hall–Kier alpha value is -1.42. The van der Waals surface area contributed by atoms with Crippen molar-refractivity contribution in [3.05, 3.63) is 30.5 Å². The Balaban J connectivity index is 1.84. The van der Waals surface area contributed by atoms with Crippen LogP contribution in [-0.4, -0.2) is 28.1 Å². The number of thioether (sulfide) groups is 1. The topological polar surface area (TPSA) is 45.2 Å². The van der Waals surface area contributed by atoms with Gasteiger partial charge in [-0.3, -0.25) is 0 Å². The molecule has 94 valence electrons. The van der Waals surface area contributed by atoms with Crippen LogP contribution in [0.1, 0.15) is 6.42 Å². The number of hydrogen-bond acceptors (Lipinski definition) is 4. The predicted molar refractivity (Wildman–Crippen MR) is 77.3 cm³/mol. The molecule has 1 aliphatic heterocycles. The summed E-state index contributed by atoms with van der Waals surface area (Å²) in [5.41, 5.74) is 0. The van der Waals surface area contributed by atoms with Crippen molar-refractivity contribution >= 4 is 28.4 Å². The highest BCUT2D eigenvalue weighted by molar-refractivity contribution is 7.99. The average molecular weight is 260 g/mol. The molecule has 0 radical (unpaired) electrons. The van der Waals surface area contributed by atoms with Gasteiger partial charge >= 0.3 is 0 Å². The van der Waals surface area contributed by atoms with Crippen molar-refractivity contribution < 1.29 is 5.11 Å². The number of aromatic nitrogens is 1. The van der Waals surface area contributed by atoms with Gasteiger partial charge in [0.1, 0.15) is 11.6 Å². The molecule has 0 bridgehead atoms. The van der Waals surface area contributed by atoms with Crippen LogP contribution in [0.5, 0.6) is 5.75 Å². The third kappa shape index (κ3) is 2.38. The summed E-state index contributed by atoms with van der Waals surface area (Å²) in [6.45, 7) is 0.967. The lowest BCUT2D eigenvalue weighted by molar-refractivity contribution is 0.476. The van der Waals surface area contributed by atoms with Crippen LogP contribution in [0, 0.1) is 5.92 Å². The number of aromatic hydroxyl groups is 1. The van der Waals surface area contributed by atoms with Crippen molar-refractivity contribution in [3.8, 4) is 5.75 Å². The Morgan fingerprint density at radius 2 is 2.33 bits per heavy atom. The molecule has 18 heavy (non-hydrogen) atoms. The van der Waals surface area contributed by atoms with Crippen molar-refractivity contribution in [2.45, 2.75) is 6.42 Å². The Morgan fingerprint density at radius 3 is 3.17 bits per heavy atom. The molecule has 0 aliphatic carbocycles. The third-order valence-electron chi connectivity index (χ3n) is 3.33. The van der Waals surface area contributed by atoms with Crippen LogP contribution in [0.15, 0.2) is 30.5 Å². The van der Waals surface area contributed by atoms with Crippen molar-refractivity contribution in [2.75, 3.05) is 23.4 Å². The van der Waals surface area contributed by atoms with E-state index in [1.807, 2.05) is 30.1 Å². The van der Waals surface area contributed by atoms with E-state index in [1.165, 1.54) is 17.9 Å². The van der Waals surface area contributed by atoms with Crippen LogP contribution < -0.4 is 5.32 Å². The van der Waals surface area contributed by atoms with Crippen LogP contribution >= 0.6 is 11.8 Å². The minimum absolute atomic E-state index is 0.287. The first-order valence-electron chi connectivity index (χ1n) is 6.22. The van der Waals surface area contributed by atoms with Gasteiger partial charge in [0.15, 0.2) is 0 Å². The Kier molecular flexibility index (Phi) is 3.28. The van der Waals surface area contributed by atoms with Gasteiger partial charge in [-0.25, -0.2) is 4.98 Å². The summed E-state index contributed by atoms with van der Waals surface area (Å²) in [5.74, 6) is 4.42. The average Bonchev–Trinajstić information content (AvgIpc) is 2.89. The highest BCUT2D eigenvalue weighted by Gasteiger charge is 2.15. The van der Waals surface area contributed by atoms with Gasteiger partial charge in [0, 0.05) is 18.1 Å². The third-order valence-corrected chi connectivity index (χ3v) is 4.56. The number of rotatable bonds is 3. The predicted octanol–water partition coefficient (Wildman–Crippen LogP) is 3.11. The van der Waals surface area contributed by atoms with Gasteiger partial charge in [-0.1, -0.05) is 6.07 Å². The number of phenols is 1. The minimum atomic E-state index is 0.287. The van der Waals surface area contributed by atoms with E-state index in [2.05, 4.69) is 10.3 Å². The highest BCUT2D eigenvalue weighted by Crippen LogP contribution is 2.27. The summed E-state index contributed by atoms with van der Waals surface area (Å²) in [7, 11) is 0. The number of nitrogens with zero attached hydrogens (tertiary/aromatic N) is 1. The molecule has 1 aromatic carbocycles. The lowest BCUT2D eigenvalue weighted by atomic mass is 10.1. The molecule has 0 saturated carbocycles. The van der Waals surface area contributed by atoms with Gasteiger partial charge in [0.25, 0.3) is 0 Å². The first kappa shape index (κ1) is 11.7. The molecular formula is C14H16N2OS. The SMILES string of the molecule is Oc1ccc2ccnc(NCC3CCSC3)c2c1. The quantitative estimate of drug-likeness (QED) is 0.890. The fourth-order valence-corrected chi connectivity index (χ4v) is 3.57. The largest absolute Gasteiger partial charge is 0.508 e. The van der Waals surface area contributed by atoms with E-state index in [9.17, 15) is 5.11 Å². The van der Waals surface area contributed by atoms with E-state index in [1.54, 1.807) is 12.1 Å². The van der Waals surface area contributed by atoms with Gasteiger partial charge in [-0.2, -0.15) is 11.8 Å². The van der Waals surface area contributed by atoms with Crippen molar-refractivity contribution in [1.82, 2.24) is 4.98 Å². The number of nitrogens with one attached hydrogen (secondary N) is 1. The summed E-state index contributed by atoms with van der Waals surface area (Å²) in [6, 6.07) is 7.36. The smallest absolute Gasteiger partial charge is 0.133 e. The molecule has 3 rings (SSSR count). The molecule has 1 saturated heterocycles. The molecule has 0 amide bonds. The maximum Gasteiger partial charge on any atom is 0.133 e. The summed E-state index contributed by atoms with van der Waals surface area (Å²) < 4.78 is 0. The zero-order valence-corrected chi connectivity index (χ0v) is 10.9. The molecule has 2 N–H and O–H groups in total. The first-order valence-corrected chi connectivity index (χ1v) is 7.38. The van der Waals surface area contributed by atoms with Crippen molar-refractivity contribution in [3.63, 3.8) is 0 Å². The zero-order valence-electron chi connectivity index (χ0n) is 10.1. The number of hydrogen-bond donors (Lipinski definition) is 2. The molecule has 1 aromatic heterocycles. The van der Waals surface area contributed by atoms with E-state index in [4.69, 9.17) is 0 Å². The fraction of sp³-hybridized carbons (Fsp3) is 0.357. The number of benzene rings is 1. The standard InChI is InChI=1S/C14H16N2OS/c17-12-2-1-11-3-5-15-14(13(11)7-12)16-8-10-4-6-18-9-10/h1-3,5,7,10,17H,4,6,8-9H2,(H,15,16). The lowest BCUT2D eigenvalue weighted by Crippen LogP contribution is -2.14. The van der Waals surface area contributed by atoms with E-state index >= 15 is 0 Å². The molecule has 1 unspecified atom stereocenters. The molecule has 0 spiro atoms. The Bertz CT molecular complexity index is 552. The molecule has 1 fully saturated rings. The molecule has 4 heteroatoms. The Labute approximate surface area is 111 Å². The molecule has 2 heterocycles. The fourth-order valence-electron chi connectivity index (χ4n) is 2.28. The van der Waals surface area contributed by atoms with E-state index in [-0.39, 0.29) is 5.75 Å². The number of fused-ring (bicyclic) bond motifs is 1. The van der Waals surface area contributed by atoms with Crippen LogP contribution in [0.3, 0.4) is 0 Å². The van der Waals surface area contributed by atoms with E-state index in [0.717, 1.165) is 29.1 Å². The normalized spacial score (nSPS) is 19.2. The molecule has 1 aliphatic rings. The summed E-state index contributed by atoms with van der Waals surface area (Å²) in [4.78, 5) is 4.38. The van der Waals surface area contributed by atoms with Gasteiger partial charge < -0.3 is 10.4 Å². The molecule has 2 aromatic rings. The summed E-state index contributed by atoms with van der Waals surface area (Å²) in [6.07, 6.45) is 3.10. The molecular weight excluding hydrogens is 244 g/mol. The van der Waals surface area contributed by atoms with E-state index in [0.29, 0.717) is 0 Å². The summed E-state index contributed by atoms with van der Waals surface area (Å²) in [5, 5.41) is 15.1. The number of pyridine rings is 1. The van der Waals surface area contributed by atoms with Crippen molar-refractivity contribution in [2.24, 2.45) is 5.92 Å². The van der Waals surface area contributed by atoms with Gasteiger partial charge in [-0.05, 0) is 47.4 Å². The first-order chi connectivity index (χ1) is 8.83. The van der Waals surface area contributed by atoms with Crippen molar-refractivity contribution in [1.29, 1.82) is 0 Å². The second-order valence-electron chi connectivity index (χ2n) is 4.68. The second kappa shape index (κ2) is 5.06. The lowest BCUT2D eigenvalue weighted by Gasteiger charge is -2.12. The highest BCUT2D eigenvalue weighted by atomic mass is 32.2. The van der Waals surface area contributed by atoms with Gasteiger partial charge in [0.05, 0.1) is 0 Å². The number of anilines is 1. The Morgan fingerprint density at radius 1 is 1.39 bits per heavy atom. The van der Waals surface area contributed by atoms with Crippen LogP contribution in [-0.2, 0) is 0 Å². The molecule has 3 nitrogen and oxygen atoms in total. The van der Waals surface area contributed by atoms with Gasteiger partial charge in [0.2, 0.25) is 0 Å². The second-order valence-corrected chi connectivity index (χ2v) is 5.83.